The Bertz CT molecular complexity index is 398. The van der Waals surface area contributed by atoms with Crippen LogP contribution in [0.3, 0.4) is 0 Å². The van der Waals surface area contributed by atoms with E-state index in [1.165, 1.54) is 12.1 Å². The van der Waals surface area contributed by atoms with Crippen molar-refractivity contribution >= 4 is 23.0 Å². The van der Waals surface area contributed by atoms with Crippen LogP contribution in [-0.2, 0) is 0 Å². The Labute approximate surface area is 105 Å². The summed E-state index contributed by atoms with van der Waals surface area (Å²) in [6, 6.07) is 4.52. The summed E-state index contributed by atoms with van der Waals surface area (Å²) in [5.74, 6) is 0. The van der Waals surface area contributed by atoms with Gasteiger partial charge in [0.15, 0.2) is 0 Å². The molecule has 0 bridgehead atoms. The molecule has 0 saturated heterocycles. The third-order valence-corrected chi connectivity index (χ3v) is 2.75. The Kier molecular flexibility index (Phi) is 5.18. The first-order valence-electron chi connectivity index (χ1n) is 5.41. The van der Waals surface area contributed by atoms with Crippen LogP contribution in [0.1, 0.15) is 19.8 Å². The van der Waals surface area contributed by atoms with Crippen LogP contribution in [-0.4, -0.2) is 22.7 Å². The minimum absolute atomic E-state index is 0.0523. The lowest BCUT2D eigenvalue weighted by molar-refractivity contribution is -0.383. The van der Waals surface area contributed by atoms with E-state index in [1.54, 1.807) is 6.07 Å². The van der Waals surface area contributed by atoms with Gasteiger partial charge in [0.1, 0.15) is 5.69 Å². The van der Waals surface area contributed by atoms with Crippen molar-refractivity contribution in [2.75, 3.05) is 11.9 Å². The summed E-state index contributed by atoms with van der Waals surface area (Å²) in [5.41, 5.74) is 0.256. The van der Waals surface area contributed by atoms with Crippen LogP contribution >= 0.6 is 11.6 Å². The van der Waals surface area contributed by atoms with Crippen molar-refractivity contribution in [3.05, 3.63) is 33.3 Å². The van der Waals surface area contributed by atoms with Crippen LogP contribution < -0.4 is 5.32 Å². The number of aliphatic hydroxyl groups excluding tert-OH is 1. The molecule has 0 amide bonds. The topological polar surface area (TPSA) is 75.4 Å². The number of nitro groups is 1. The number of hydrogen-bond acceptors (Lipinski definition) is 4. The van der Waals surface area contributed by atoms with Gasteiger partial charge in [-0.2, -0.15) is 0 Å². The SMILES string of the molecule is CCC(O)CCNc1c(Cl)cccc1[N+](=O)[O-]. The molecule has 1 unspecified atom stereocenters. The fourth-order valence-corrected chi connectivity index (χ4v) is 1.64. The first-order chi connectivity index (χ1) is 8.06. The van der Waals surface area contributed by atoms with Gasteiger partial charge < -0.3 is 10.4 Å². The predicted molar refractivity (Wildman–Crippen MR) is 67.5 cm³/mol. The maximum Gasteiger partial charge on any atom is 0.293 e. The van der Waals surface area contributed by atoms with Crippen molar-refractivity contribution in [2.24, 2.45) is 0 Å². The lowest BCUT2D eigenvalue weighted by atomic mass is 10.2. The summed E-state index contributed by atoms with van der Waals surface area (Å²) < 4.78 is 0. The van der Waals surface area contributed by atoms with Crippen molar-refractivity contribution in [2.45, 2.75) is 25.9 Å². The standard InChI is InChI=1S/C11H15ClN2O3/c1-2-8(15)6-7-13-11-9(12)4-3-5-10(11)14(16)17/h3-5,8,13,15H,2,6-7H2,1H3. The van der Waals surface area contributed by atoms with E-state index in [0.717, 1.165) is 0 Å². The van der Waals surface area contributed by atoms with Gasteiger partial charge in [0.2, 0.25) is 0 Å². The highest BCUT2D eigenvalue weighted by Gasteiger charge is 2.16. The van der Waals surface area contributed by atoms with Crippen LogP contribution in [0, 0.1) is 10.1 Å². The number of benzene rings is 1. The van der Waals surface area contributed by atoms with Crippen molar-refractivity contribution in [1.82, 2.24) is 0 Å². The molecule has 1 rings (SSSR count). The van der Waals surface area contributed by atoms with Gasteiger partial charge in [-0.05, 0) is 18.9 Å². The van der Waals surface area contributed by atoms with Gasteiger partial charge in [-0.3, -0.25) is 10.1 Å². The predicted octanol–water partition coefficient (Wildman–Crippen LogP) is 2.82. The molecule has 2 N–H and O–H groups in total. The number of hydrogen-bond donors (Lipinski definition) is 2. The fraction of sp³-hybridized carbons (Fsp3) is 0.455. The second kappa shape index (κ2) is 6.42. The van der Waals surface area contributed by atoms with Crippen molar-refractivity contribution in [3.63, 3.8) is 0 Å². The zero-order chi connectivity index (χ0) is 12.8. The maximum atomic E-state index is 10.8. The maximum absolute atomic E-state index is 10.8. The zero-order valence-electron chi connectivity index (χ0n) is 9.52. The first kappa shape index (κ1) is 13.7. The molecule has 0 spiro atoms. The largest absolute Gasteiger partial charge is 0.393 e. The summed E-state index contributed by atoms with van der Waals surface area (Å²) in [4.78, 5) is 10.3. The molecule has 1 atom stereocenters. The average molecular weight is 259 g/mol. The highest BCUT2D eigenvalue weighted by Crippen LogP contribution is 2.31. The Morgan fingerprint density at radius 1 is 1.59 bits per heavy atom. The van der Waals surface area contributed by atoms with Gasteiger partial charge in [0, 0.05) is 12.6 Å². The van der Waals surface area contributed by atoms with Gasteiger partial charge in [-0.25, -0.2) is 0 Å². The molecule has 94 valence electrons. The average Bonchev–Trinajstić information content (AvgIpc) is 2.30. The number of halogens is 1. The molecule has 1 aromatic rings. The molecule has 0 aliphatic rings. The molecular formula is C11H15ClN2O3. The Morgan fingerprint density at radius 3 is 2.88 bits per heavy atom. The van der Waals surface area contributed by atoms with E-state index < -0.39 is 11.0 Å². The van der Waals surface area contributed by atoms with Crippen LogP contribution in [0.5, 0.6) is 0 Å². The minimum atomic E-state index is -0.482. The lowest BCUT2D eigenvalue weighted by Gasteiger charge is -2.11. The minimum Gasteiger partial charge on any atom is -0.393 e. The lowest BCUT2D eigenvalue weighted by Crippen LogP contribution is -2.13. The molecule has 0 fully saturated rings. The van der Waals surface area contributed by atoms with E-state index in [9.17, 15) is 15.2 Å². The zero-order valence-corrected chi connectivity index (χ0v) is 10.3. The highest BCUT2D eigenvalue weighted by molar-refractivity contribution is 6.33. The van der Waals surface area contributed by atoms with Crippen molar-refractivity contribution in [3.8, 4) is 0 Å². The molecule has 6 heteroatoms. The van der Waals surface area contributed by atoms with Crippen LogP contribution in [0.15, 0.2) is 18.2 Å². The van der Waals surface area contributed by atoms with Gasteiger partial charge in [-0.1, -0.05) is 24.6 Å². The molecular weight excluding hydrogens is 244 g/mol. The third kappa shape index (κ3) is 3.87. The summed E-state index contributed by atoms with van der Waals surface area (Å²) in [6.45, 7) is 2.32. The number of rotatable bonds is 6. The number of nitrogens with one attached hydrogen (secondary N) is 1. The summed E-state index contributed by atoms with van der Waals surface area (Å²) >= 11 is 5.89. The fourth-order valence-electron chi connectivity index (χ4n) is 1.41. The molecule has 0 saturated carbocycles. The van der Waals surface area contributed by atoms with Gasteiger partial charge in [0.05, 0.1) is 16.0 Å². The second-order valence-corrected chi connectivity index (χ2v) is 4.08. The van der Waals surface area contributed by atoms with Gasteiger partial charge >= 0.3 is 0 Å². The Morgan fingerprint density at radius 2 is 2.29 bits per heavy atom. The smallest absolute Gasteiger partial charge is 0.293 e. The number of nitrogens with zero attached hydrogens (tertiary/aromatic N) is 1. The van der Waals surface area contributed by atoms with E-state index in [2.05, 4.69) is 5.32 Å². The monoisotopic (exact) mass is 258 g/mol. The summed E-state index contributed by atoms with van der Waals surface area (Å²) in [5, 5.41) is 23.4. The van der Waals surface area contributed by atoms with E-state index in [1.807, 2.05) is 6.92 Å². The van der Waals surface area contributed by atoms with E-state index >= 15 is 0 Å². The Balaban J connectivity index is 2.72. The number of para-hydroxylation sites is 1. The third-order valence-electron chi connectivity index (χ3n) is 2.44. The molecule has 0 heterocycles. The molecule has 5 nitrogen and oxygen atoms in total. The van der Waals surface area contributed by atoms with Crippen LogP contribution in [0.4, 0.5) is 11.4 Å². The normalized spacial score (nSPS) is 12.2. The van der Waals surface area contributed by atoms with E-state index in [-0.39, 0.29) is 5.69 Å². The van der Waals surface area contributed by atoms with Gasteiger partial charge in [-0.15, -0.1) is 0 Å². The van der Waals surface area contributed by atoms with E-state index in [4.69, 9.17) is 11.6 Å². The molecule has 1 aromatic carbocycles. The molecule has 0 aliphatic carbocycles. The molecule has 0 aromatic heterocycles. The van der Waals surface area contributed by atoms with E-state index in [0.29, 0.717) is 30.1 Å². The highest BCUT2D eigenvalue weighted by atomic mass is 35.5. The molecule has 17 heavy (non-hydrogen) atoms. The second-order valence-electron chi connectivity index (χ2n) is 3.67. The van der Waals surface area contributed by atoms with Crippen molar-refractivity contribution < 1.29 is 10.0 Å². The van der Waals surface area contributed by atoms with Crippen LogP contribution in [0.25, 0.3) is 0 Å². The number of anilines is 1. The molecule has 0 radical (unpaired) electrons. The molecule has 0 aliphatic heterocycles. The summed E-state index contributed by atoms with van der Waals surface area (Å²) in [6.07, 6.45) is 0.787. The van der Waals surface area contributed by atoms with Crippen molar-refractivity contribution in [1.29, 1.82) is 0 Å². The quantitative estimate of drug-likeness (QED) is 0.608. The van der Waals surface area contributed by atoms with Gasteiger partial charge in [0.25, 0.3) is 5.69 Å². The first-order valence-corrected chi connectivity index (χ1v) is 5.79. The number of aliphatic hydroxyl groups is 1. The van der Waals surface area contributed by atoms with Crippen LogP contribution in [0.2, 0.25) is 5.02 Å². The Hall–Kier alpha value is -1.33. The number of nitro benzene ring substituents is 1. The summed E-state index contributed by atoms with van der Waals surface area (Å²) in [7, 11) is 0.